The Kier molecular flexibility index (Phi) is 4.15. The van der Waals surface area contributed by atoms with Crippen LogP contribution in [0.1, 0.15) is 12.5 Å². The Hall–Kier alpha value is -0.640. The Bertz CT molecular complexity index is 280. The first-order valence-corrected chi connectivity index (χ1v) is 4.40. The molecule has 0 aromatic heterocycles. The molecule has 0 saturated heterocycles. The van der Waals surface area contributed by atoms with Gasteiger partial charge in [0.2, 0.25) is 0 Å². The van der Waals surface area contributed by atoms with Gasteiger partial charge in [-0.05, 0) is 30.7 Å². The van der Waals surface area contributed by atoms with Gasteiger partial charge in [0.05, 0.1) is 6.61 Å². The number of hydrogen-bond donors (Lipinski definition) is 1. The van der Waals surface area contributed by atoms with Gasteiger partial charge < -0.3 is 4.84 Å². The van der Waals surface area contributed by atoms with Gasteiger partial charge in [-0.1, -0.05) is 11.6 Å². The van der Waals surface area contributed by atoms with Gasteiger partial charge in [0.1, 0.15) is 5.82 Å². The van der Waals surface area contributed by atoms with Gasteiger partial charge in [-0.15, -0.1) is 0 Å². The predicted octanol–water partition coefficient (Wildman–Crippen LogP) is 2.52. The summed E-state index contributed by atoms with van der Waals surface area (Å²) in [6, 6.07) is 4.24. The normalized spacial score (nSPS) is 10.4. The van der Waals surface area contributed by atoms with E-state index in [4.69, 9.17) is 16.4 Å². The highest BCUT2D eigenvalue weighted by molar-refractivity contribution is 6.31. The van der Waals surface area contributed by atoms with Crippen molar-refractivity contribution in [2.75, 3.05) is 6.61 Å². The Morgan fingerprint density at radius 1 is 1.54 bits per heavy atom. The Balaban J connectivity index is 2.59. The molecule has 2 nitrogen and oxygen atoms in total. The average molecular weight is 204 g/mol. The molecule has 1 N–H and O–H groups in total. The quantitative estimate of drug-likeness (QED) is 0.600. The van der Waals surface area contributed by atoms with E-state index in [1.807, 2.05) is 6.92 Å². The van der Waals surface area contributed by atoms with Gasteiger partial charge >= 0.3 is 0 Å². The molecule has 0 spiro atoms. The van der Waals surface area contributed by atoms with Crippen LogP contribution in [0, 0.1) is 5.82 Å². The minimum Gasteiger partial charge on any atom is -0.302 e. The molecule has 1 aromatic carbocycles. The zero-order valence-corrected chi connectivity index (χ0v) is 8.07. The fourth-order valence-corrected chi connectivity index (χ4v) is 1.09. The molecule has 0 atom stereocenters. The van der Waals surface area contributed by atoms with Crippen molar-refractivity contribution < 1.29 is 9.23 Å². The molecule has 0 fully saturated rings. The molecular formula is C9H11ClFNO. The molecule has 0 bridgehead atoms. The predicted molar refractivity (Wildman–Crippen MR) is 49.9 cm³/mol. The number of nitrogens with one attached hydrogen (secondary N) is 1. The minimum atomic E-state index is -0.294. The van der Waals surface area contributed by atoms with Crippen LogP contribution in [0.15, 0.2) is 18.2 Å². The molecule has 0 unspecified atom stereocenters. The summed E-state index contributed by atoms with van der Waals surface area (Å²) in [5.41, 5.74) is 3.36. The van der Waals surface area contributed by atoms with Crippen molar-refractivity contribution >= 4 is 11.6 Å². The highest BCUT2D eigenvalue weighted by Crippen LogP contribution is 2.16. The lowest BCUT2D eigenvalue weighted by Crippen LogP contribution is -2.13. The Morgan fingerprint density at radius 3 is 3.00 bits per heavy atom. The van der Waals surface area contributed by atoms with E-state index < -0.39 is 0 Å². The van der Waals surface area contributed by atoms with Crippen molar-refractivity contribution in [1.82, 2.24) is 5.48 Å². The lowest BCUT2D eigenvalue weighted by molar-refractivity contribution is 0.0463. The van der Waals surface area contributed by atoms with E-state index >= 15 is 0 Å². The summed E-state index contributed by atoms with van der Waals surface area (Å²) in [4.78, 5) is 4.90. The van der Waals surface area contributed by atoms with Gasteiger partial charge in [0.25, 0.3) is 0 Å². The first-order valence-electron chi connectivity index (χ1n) is 4.02. The van der Waals surface area contributed by atoms with Crippen molar-refractivity contribution in [3.05, 3.63) is 34.6 Å². The minimum absolute atomic E-state index is 0.294. The molecule has 72 valence electrons. The van der Waals surface area contributed by atoms with E-state index in [2.05, 4.69) is 5.48 Å². The van der Waals surface area contributed by atoms with E-state index in [0.717, 1.165) is 0 Å². The summed E-state index contributed by atoms with van der Waals surface area (Å²) in [7, 11) is 0. The highest BCUT2D eigenvalue weighted by atomic mass is 35.5. The van der Waals surface area contributed by atoms with Gasteiger partial charge in [0, 0.05) is 11.6 Å². The van der Waals surface area contributed by atoms with E-state index in [1.165, 1.54) is 18.2 Å². The molecule has 0 heterocycles. The zero-order valence-electron chi connectivity index (χ0n) is 7.31. The molecular weight excluding hydrogens is 193 g/mol. The van der Waals surface area contributed by atoms with Crippen LogP contribution in [0.2, 0.25) is 5.02 Å². The maximum atomic E-state index is 12.7. The SMILES string of the molecule is CCONCc1cc(F)ccc1Cl. The number of halogens is 2. The van der Waals surface area contributed by atoms with Crippen LogP contribution in [0.4, 0.5) is 4.39 Å². The topological polar surface area (TPSA) is 21.3 Å². The van der Waals surface area contributed by atoms with Crippen LogP contribution >= 0.6 is 11.6 Å². The maximum absolute atomic E-state index is 12.7. The van der Waals surface area contributed by atoms with Crippen molar-refractivity contribution in [1.29, 1.82) is 0 Å². The summed E-state index contributed by atoms with van der Waals surface area (Å²) in [6.45, 7) is 2.83. The van der Waals surface area contributed by atoms with E-state index in [1.54, 1.807) is 0 Å². The smallest absolute Gasteiger partial charge is 0.123 e. The largest absolute Gasteiger partial charge is 0.302 e. The molecule has 0 radical (unpaired) electrons. The maximum Gasteiger partial charge on any atom is 0.123 e. The van der Waals surface area contributed by atoms with Gasteiger partial charge in [-0.25, -0.2) is 4.39 Å². The van der Waals surface area contributed by atoms with Crippen LogP contribution in [-0.2, 0) is 11.4 Å². The van der Waals surface area contributed by atoms with E-state index in [-0.39, 0.29) is 5.82 Å². The monoisotopic (exact) mass is 203 g/mol. The van der Waals surface area contributed by atoms with Crippen LogP contribution in [-0.4, -0.2) is 6.61 Å². The second kappa shape index (κ2) is 5.17. The number of hydrogen-bond acceptors (Lipinski definition) is 2. The number of rotatable bonds is 4. The Morgan fingerprint density at radius 2 is 2.31 bits per heavy atom. The lowest BCUT2D eigenvalue weighted by Gasteiger charge is -2.05. The molecule has 1 aromatic rings. The van der Waals surface area contributed by atoms with Gasteiger partial charge in [-0.3, -0.25) is 0 Å². The standard InChI is InChI=1S/C9H11ClFNO/c1-2-13-12-6-7-5-8(11)3-4-9(7)10/h3-5,12H,2,6H2,1H3. The fraction of sp³-hybridized carbons (Fsp3) is 0.333. The summed E-state index contributed by atoms with van der Waals surface area (Å²) >= 11 is 5.81. The van der Waals surface area contributed by atoms with Crippen LogP contribution in [0.3, 0.4) is 0 Å². The highest BCUT2D eigenvalue weighted by Gasteiger charge is 2.00. The van der Waals surface area contributed by atoms with Crippen molar-refractivity contribution in [3.8, 4) is 0 Å². The lowest BCUT2D eigenvalue weighted by atomic mass is 10.2. The third kappa shape index (κ3) is 3.30. The summed E-state index contributed by atoms with van der Waals surface area (Å²) in [5, 5.41) is 0.536. The van der Waals surface area contributed by atoms with Crippen LogP contribution in [0.5, 0.6) is 0 Å². The average Bonchev–Trinajstić information content (AvgIpc) is 2.11. The number of hydroxylamine groups is 1. The molecule has 0 amide bonds. The molecule has 0 aliphatic rings. The summed E-state index contributed by atoms with van der Waals surface area (Å²) in [6.07, 6.45) is 0. The third-order valence-corrected chi connectivity index (χ3v) is 1.89. The molecule has 0 aliphatic heterocycles. The fourth-order valence-electron chi connectivity index (χ4n) is 0.910. The molecule has 4 heteroatoms. The van der Waals surface area contributed by atoms with Crippen LogP contribution in [0.25, 0.3) is 0 Å². The van der Waals surface area contributed by atoms with Crippen molar-refractivity contribution in [2.45, 2.75) is 13.5 Å². The van der Waals surface area contributed by atoms with Crippen molar-refractivity contribution in [3.63, 3.8) is 0 Å². The second-order valence-corrected chi connectivity index (χ2v) is 2.90. The first kappa shape index (κ1) is 10.4. The third-order valence-electron chi connectivity index (χ3n) is 1.52. The van der Waals surface area contributed by atoms with Crippen molar-refractivity contribution in [2.24, 2.45) is 0 Å². The second-order valence-electron chi connectivity index (χ2n) is 2.49. The molecule has 13 heavy (non-hydrogen) atoms. The zero-order chi connectivity index (χ0) is 9.68. The molecule has 1 rings (SSSR count). The summed E-state index contributed by atoms with van der Waals surface area (Å²) < 4.78 is 12.7. The van der Waals surface area contributed by atoms with E-state index in [0.29, 0.717) is 23.7 Å². The van der Waals surface area contributed by atoms with Crippen LogP contribution < -0.4 is 5.48 Å². The molecule has 0 aliphatic carbocycles. The van der Waals surface area contributed by atoms with E-state index in [9.17, 15) is 4.39 Å². The molecule has 0 saturated carbocycles. The number of benzene rings is 1. The summed E-state index contributed by atoms with van der Waals surface area (Å²) in [5.74, 6) is -0.294. The van der Waals surface area contributed by atoms with Gasteiger partial charge in [-0.2, -0.15) is 5.48 Å². The first-order chi connectivity index (χ1) is 6.24. The van der Waals surface area contributed by atoms with Gasteiger partial charge in [0.15, 0.2) is 0 Å². The Labute approximate surface area is 81.6 Å².